The van der Waals surface area contributed by atoms with Gasteiger partial charge in [0.25, 0.3) is 0 Å². The highest BCUT2D eigenvalue weighted by atomic mass is 16.4. The van der Waals surface area contributed by atoms with Crippen LogP contribution in [-0.2, 0) is 41.6 Å². The molecule has 3 aromatic rings. The number of hydrogen-bond acceptors (Lipinski definition) is 8. The van der Waals surface area contributed by atoms with Crippen molar-refractivity contribution < 1.29 is 39.0 Å². The zero-order valence-electron chi connectivity index (χ0n) is 22.3. The number of carbonyl (C=O) groups excluding carboxylic acids is 4. The first kappa shape index (κ1) is 31.3. The quantitative estimate of drug-likeness (QED) is 0.0918. The van der Waals surface area contributed by atoms with Gasteiger partial charge in [0, 0.05) is 41.8 Å². The molecule has 4 atom stereocenters. The second-order valence-corrected chi connectivity index (χ2v) is 9.58. The van der Waals surface area contributed by atoms with E-state index in [1.54, 1.807) is 6.20 Å². The fourth-order valence-corrected chi connectivity index (χ4v) is 4.21. The van der Waals surface area contributed by atoms with Crippen LogP contribution in [0.25, 0.3) is 10.9 Å². The summed E-state index contributed by atoms with van der Waals surface area (Å²) in [5.41, 5.74) is 13.1. The van der Waals surface area contributed by atoms with Crippen LogP contribution < -0.4 is 27.4 Å². The summed E-state index contributed by atoms with van der Waals surface area (Å²) < 4.78 is 0. The average Bonchev–Trinajstić information content (AvgIpc) is 3.59. The van der Waals surface area contributed by atoms with E-state index in [4.69, 9.17) is 11.5 Å². The number of amides is 4. The predicted octanol–water partition coefficient (Wildman–Crippen LogP) is -1.72. The number of nitrogens with one attached hydrogen (secondary N) is 5. The van der Waals surface area contributed by atoms with Crippen LogP contribution in [-0.4, -0.2) is 84.9 Å². The van der Waals surface area contributed by atoms with E-state index in [1.165, 1.54) is 12.5 Å². The van der Waals surface area contributed by atoms with Crippen molar-refractivity contribution in [3.8, 4) is 0 Å². The van der Waals surface area contributed by atoms with Crippen molar-refractivity contribution in [1.82, 2.24) is 30.9 Å². The Balaban J connectivity index is 1.73. The Hall–Kier alpha value is -5.25. The molecule has 0 aliphatic heterocycles. The van der Waals surface area contributed by atoms with Crippen LogP contribution in [0.2, 0.25) is 0 Å². The standard InChI is InChI=1S/C26H32N8O8/c27-16(7-13-10-30-17-4-2-1-3-15(13)17)23(38)33-20(9-22(36)37)25(40)34-19(8-14-11-29-12-31-14)24(39)32-18(26(41)42)5-6-21(28)35/h1-4,10-12,16,18-20,30H,5-9,27H2,(H2,28,35)(H,29,31)(H,32,39)(H,33,38)(H,34,40)(H,36,37)(H,41,42). The largest absolute Gasteiger partial charge is 0.481 e. The van der Waals surface area contributed by atoms with E-state index in [0.717, 1.165) is 16.5 Å². The molecule has 11 N–H and O–H groups in total. The Morgan fingerprint density at radius 1 is 0.881 bits per heavy atom. The van der Waals surface area contributed by atoms with Crippen LogP contribution >= 0.6 is 0 Å². The smallest absolute Gasteiger partial charge is 0.326 e. The summed E-state index contributed by atoms with van der Waals surface area (Å²) in [6.07, 6.45) is 2.85. The summed E-state index contributed by atoms with van der Waals surface area (Å²) in [5, 5.41) is 26.6. The second-order valence-electron chi connectivity index (χ2n) is 9.58. The Kier molecular flexibility index (Phi) is 10.7. The fraction of sp³-hybridized carbons (Fsp3) is 0.346. The van der Waals surface area contributed by atoms with Crippen molar-refractivity contribution in [3.05, 3.63) is 54.2 Å². The number of aliphatic carboxylic acids is 2. The molecule has 42 heavy (non-hydrogen) atoms. The average molecular weight is 585 g/mol. The third-order valence-electron chi connectivity index (χ3n) is 6.37. The summed E-state index contributed by atoms with van der Waals surface area (Å²) in [6, 6.07) is 1.69. The van der Waals surface area contributed by atoms with Crippen LogP contribution in [0.4, 0.5) is 0 Å². The zero-order valence-corrected chi connectivity index (χ0v) is 22.3. The van der Waals surface area contributed by atoms with Crippen molar-refractivity contribution >= 4 is 46.5 Å². The maximum absolute atomic E-state index is 13.2. The second kappa shape index (κ2) is 14.4. The Morgan fingerprint density at radius 2 is 1.55 bits per heavy atom. The van der Waals surface area contributed by atoms with Gasteiger partial charge in [0.15, 0.2) is 0 Å². The van der Waals surface area contributed by atoms with E-state index < -0.39 is 66.2 Å². The maximum atomic E-state index is 13.2. The van der Waals surface area contributed by atoms with Crippen molar-refractivity contribution in [3.63, 3.8) is 0 Å². The summed E-state index contributed by atoms with van der Waals surface area (Å²) in [7, 11) is 0. The summed E-state index contributed by atoms with van der Waals surface area (Å²) >= 11 is 0. The Labute approximate surface area is 238 Å². The molecule has 2 aromatic heterocycles. The van der Waals surface area contributed by atoms with Crippen molar-refractivity contribution in [2.75, 3.05) is 0 Å². The first-order chi connectivity index (χ1) is 19.9. The number of nitrogens with zero attached hydrogens (tertiary/aromatic N) is 1. The number of rotatable bonds is 16. The summed E-state index contributed by atoms with van der Waals surface area (Å²) in [4.78, 5) is 83.1. The lowest BCUT2D eigenvalue weighted by Gasteiger charge is -2.24. The minimum atomic E-state index is -1.62. The topological polar surface area (TPSA) is 275 Å². The highest BCUT2D eigenvalue weighted by Crippen LogP contribution is 2.18. The lowest BCUT2D eigenvalue weighted by molar-refractivity contribution is -0.143. The van der Waals surface area contributed by atoms with E-state index in [1.807, 2.05) is 24.3 Å². The number of para-hydroxylation sites is 1. The summed E-state index contributed by atoms with van der Waals surface area (Å²) in [5.74, 6) is -6.37. The number of carbonyl (C=O) groups is 6. The molecular weight excluding hydrogens is 552 g/mol. The van der Waals surface area contributed by atoms with Gasteiger partial charge in [-0.25, -0.2) is 9.78 Å². The number of primary amides is 1. The van der Waals surface area contributed by atoms with Gasteiger partial charge >= 0.3 is 11.9 Å². The number of carboxylic acids is 2. The number of fused-ring (bicyclic) bond motifs is 1. The number of benzene rings is 1. The van der Waals surface area contributed by atoms with E-state index in [9.17, 15) is 39.0 Å². The van der Waals surface area contributed by atoms with Crippen molar-refractivity contribution in [1.29, 1.82) is 0 Å². The van der Waals surface area contributed by atoms with Gasteiger partial charge < -0.3 is 47.6 Å². The van der Waals surface area contributed by atoms with E-state index in [-0.39, 0.29) is 25.7 Å². The van der Waals surface area contributed by atoms with Crippen LogP contribution in [0.15, 0.2) is 43.0 Å². The first-order valence-corrected chi connectivity index (χ1v) is 12.9. The van der Waals surface area contributed by atoms with Crippen LogP contribution in [0, 0.1) is 0 Å². The zero-order chi connectivity index (χ0) is 30.8. The van der Waals surface area contributed by atoms with Crippen LogP contribution in [0.5, 0.6) is 0 Å². The Morgan fingerprint density at radius 3 is 2.19 bits per heavy atom. The van der Waals surface area contributed by atoms with Gasteiger partial charge in [0.1, 0.15) is 18.1 Å². The molecule has 0 saturated carbocycles. The SMILES string of the molecule is NC(=O)CCC(NC(=O)C(Cc1cnc[nH]1)NC(=O)C(CC(=O)O)NC(=O)C(N)Cc1c[nH]c2ccccc12)C(=O)O. The highest BCUT2D eigenvalue weighted by Gasteiger charge is 2.32. The van der Waals surface area contributed by atoms with Crippen LogP contribution in [0.1, 0.15) is 30.5 Å². The summed E-state index contributed by atoms with van der Waals surface area (Å²) in [6.45, 7) is 0. The lowest BCUT2D eigenvalue weighted by atomic mass is 10.0. The molecule has 4 amide bonds. The molecule has 2 heterocycles. The minimum absolute atomic E-state index is 0.0873. The van der Waals surface area contributed by atoms with Gasteiger partial charge in [0.05, 0.1) is 18.8 Å². The van der Waals surface area contributed by atoms with E-state index >= 15 is 0 Å². The number of aromatic nitrogens is 3. The molecule has 0 bridgehead atoms. The minimum Gasteiger partial charge on any atom is -0.481 e. The maximum Gasteiger partial charge on any atom is 0.326 e. The van der Waals surface area contributed by atoms with Gasteiger partial charge in [-0.2, -0.15) is 0 Å². The van der Waals surface area contributed by atoms with E-state index in [0.29, 0.717) is 5.69 Å². The molecule has 0 fully saturated rings. The van der Waals surface area contributed by atoms with E-state index in [2.05, 4.69) is 30.9 Å². The number of nitrogens with two attached hydrogens (primary N) is 2. The molecule has 224 valence electrons. The monoisotopic (exact) mass is 584 g/mol. The van der Waals surface area contributed by atoms with Gasteiger partial charge in [-0.05, 0) is 24.5 Å². The number of carboxylic acid groups (broad SMARTS) is 2. The van der Waals surface area contributed by atoms with Gasteiger partial charge in [-0.1, -0.05) is 18.2 Å². The molecule has 16 nitrogen and oxygen atoms in total. The molecule has 16 heteroatoms. The number of H-pyrrole nitrogens is 2. The predicted molar refractivity (Wildman–Crippen MR) is 146 cm³/mol. The molecule has 0 saturated heterocycles. The molecule has 0 aliphatic carbocycles. The number of hydrogen-bond donors (Lipinski definition) is 9. The number of imidazole rings is 1. The highest BCUT2D eigenvalue weighted by molar-refractivity contribution is 5.96. The van der Waals surface area contributed by atoms with Crippen molar-refractivity contribution in [2.24, 2.45) is 11.5 Å². The molecular formula is C26H32N8O8. The number of aromatic amines is 2. The third-order valence-corrected chi connectivity index (χ3v) is 6.37. The fourth-order valence-electron chi connectivity index (χ4n) is 4.21. The third kappa shape index (κ3) is 8.88. The molecule has 4 unspecified atom stereocenters. The van der Waals surface area contributed by atoms with Crippen molar-refractivity contribution in [2.45, 2.75) is 56.3 Å². The molecule has 0 radical (unpaired) electrons. The van der Waals surface area contributed by atoms with Gasteiger partial charge in [-0.3, -0.25) is 24.0 Å². The molecule has 0 spiro atoms. The van der Waals surface area contributed by atoms with Gasteiger partial charge in [-0.15, -0.1) is 0 Å². The van der Waals surface area contributed by atoms with Gasteiger partial charge in [0.2, 0.25) is 23.6 Å². The molecule has 3 rings (SSSR count). The molecule has 0 aliphatic rings. The Bertz CT molecular complexity index is 1440. The normalized spacial score (nSPS) is 13.8. The first-order valence-electron chi connectivity index (χ1n) is 12.9. The van der Waals surface area contributed by atoms with Crippen LogP contribution in [0.3, 0.4) is 0 Å². The lowest BCUT2D eigenvalue weighted by Crippen LogP contribution is -2.58. The molecule has 1 aromatic carbocycles.